The highest BCUT2D eigenvalue weighted by molar-refractivity contribution is 5.96. The van der Waals surface area contributed by atoms with Crippen LogP contribution in [0.3, 0.4) is 0 Å². The third kappa shape index (κ3) is 4.97. The van der Waals surface area contributed by atoms with Crippen molar-refractivity contribution >= 4 is 28.5 Å². The number of rotatable bonds is 6. The number of hydrogen-bond acceptors (Lipinski definition) is 7. The van der Waals surface area contributed by atoms with Crippen molar-refractivity contribution in [1.29, 1.82) is 0 Å². The number of phenols is 1. The number of hydrogen-bond donors (Lipinski definition) is 2. The van der Waals surface area contributed by atoms with E-state index in [9.17, 15) is 14.7 Å². The van der Waals surface area contributed by atoms with Crippen LogP contribution in [-0.4, -0.2) is 42.8 Å². The molecule has 1 aliphatic heterocycles. The van der Waals surface area contributed by atoms with E-state index in [-0.39, 0.29) is 35.5 Å². The summed E-state index contributed by atoms with van der Waals surface area (Å²) in [7, 11) is 0. The Morgan fingerprint density at radius 1 is 1.22 bits per heavy atom. The van der Waals surface area contributed by atoms with Crippen LogP contribution in [0.2, 0.25) is 0 Å². The molecule has 2 aromatic carbocycles. The largest absolute Gasteiger partial charge is 0.508 e. The van der Waals surface area contributed by atoms with Crippen LogP contribution in [-0.2, 0) is 9.47 Å². The van der Waals surface area contributed by atoms with Crippen molar-refractivity contribution in [3.8, 4) is 5.75 Å². The zero-order valence-corrected chi connectivity index (χ0v) is 17.7. The minimum atomic E-state index is -0.459. The molecule has 8 nitrogen and oxygen atoms in total. The van der Waals surface area contributed by atoms with Gasteiger partial charge in [0.25, 0.3) is 5.91 Å². The summed E-state index contributed by atoms with van der Waals surface area (Å²) in [4.78, 5) is 29.5. The highest BCUT2D eigenvalue weighted by Crippen LogP contribution is 2.21. The molecule has 1 aliphatic rings. The van der Waals surface area contributed by atoms with E-state index < -0.39 is 5.97 Å². The molecular weight excluding hydrogens is 412 g/mol. The Kier molecular flexibility index (Phi) is 6.51. The number of nitrogens with zero attached hydrogens (tertiary/aromatic N) is 1. The number of phenolic OH excluding ortho intramolecular Hbond substituents is 1. The van der Waals surface area contributed by atoms with Gasteiger partial charge in [-0.1, -0.05) is 6.07 Å². The lowest BCUT2D eigenvalue weighted by atomic mass is 10.1. The molecule has 0 radical (unpaired) electrons. The Morgan fingerprint density at radius 3 is 2.88 bits per heavy atom. The quantitative estimate of drug-likeness (QED) is 0.573. The molecular formula is C24H24N2O6. The fourth-order valence-corrected chi connectivity index (χ4v) is 3.49. The molecule has 0 spiro atoms. The lowest BCUT2D eigenvalue weighted by Gasteiger charge is -2.11. The van der Waals surface area contributed by atoms with E-state index in [1.165, 1.54) is 12.1 Å². The van der Waals surface area contributed by atoms with Crippen molar-refractivity contribution < 1.29 is 28.6 Å². The van der Waals surface area contributed by atoms with Gasteiger partial charge in [0.1, 0.15) is 16.9 Å². The molecule has 0 unspecified atom stereocenters. The van der Waals surface area contributed by atoms with Gasteiger partial charge in [-0.25, -0.2) is 9.79 Å². The second-order valence-electron chi connectivity index (χ2n) is 7.42. The van der Waals surface area contributed by atoms with Gasteiger partial charge in [0, 0.05) is 24.6 Å². The molecule has 0 saturated carbocycles. The molecule has 0 aliphatic carbocycles. The lowest BCUT2D eigenvalue weighted by molar-refractivity contribution is 0.0526. The zero-order valence-electron chi connectivity index (χ0n) is 17.7. The topological polar surface area (TPSA) is 110 Å². The Balaban J connectivity index is 1.74. The zero-order chi connectivity index (χ0) is 22.5. The number of amides is 1. The summed E-state index contributed by atoms with van der Waals surface area (Å²) in [5, 5.41) is 13.3. The Morgan fingerprint density at radius 2 is 2.09 bits per heavy atom. The second-order valence-corrected chi connectivity index (χ2v) is 7.42. The Labute approximate surface area is 184 Å². The first-order valence-corrected chi connectivity index (χ1v) is 10.5. The molecule has 2 N–H and O–H groups in total. The van der Waals surface area contributed by atoms with Gasteiger partial charge in [0.05, 0.1) is 24.0 Å². The fraction of sp³-hybridized carbons (Fsp3) is 0.292. The van der Waals surface area contributed by atoms with Crippen LogP contribution in [0.5, 0.6) is 5.75 Å². The van der Waals surface area contributed by atoms with Gasteiger partial charge in [0.15, 0.2) is 0 Å². The minimum Gasteiger partial charge on any atom is -0.508 e. The SMILES string of the molecule is CCOC(=O)c1cccc(N=c2oc3cc(O)ccc3cc2C(=O)NC[C@H]2CCCO2)c1. The first-order chi connectivity index (χ1) is 15.5. The molecule has 1 aromatic heterocycles. The van der Waals surface area contributed by atoms with E-state index in [0.29, 0.717) is 35.4 Å². The average Bonchev–Trinajstić information content (AvgIpc) is 3.31. The van der Waals surface area contributed by atoms with Crippen LogP contribution in [0, 0.1) is 0 Å². The van der Waals surface area contributed by atoms with Crippen molar-refractivity contribution in [2.75, 3.05) is 19.8 Å². The molecule has 4 rings (SSSR count). The maximum Gasteiger partial charge on any atom is 0.338 e. The van der Waals surface area contributed by atoms with Crippen molar-refractivity contribution in [1.82, 2.24) is 5.32 Å². The van der Waals surface area contributed by atoms with E-state index in [1.54, 1.807) is 43.3 Å². The number of fused-ring (bicyclic) bond motifs is 1. The summed E-state index contributed by atoms with van der Waals surface area (Å²) >= 11 is 0. The lowest BCUT2D eigenvalue weighted by Crippen LogP contribution is -2.34. The Bertz CT molecular complexity index is 1210. The molecule has 32 heavy (non-hydrogen) atoms. The standard InChI is InChI=1S/C24H24N2O6/c1-2-30-24(29)16-5-3-6-17(11-16)26-23-20(22(28)25-14-19-7-4-10-31-19)12-15-8-9-18(27)13-21(15)32-23/h3,5-6,8-9,11-13,19,27H,2,4,7,10,14H2,1H3,(H,25,28)/t19-/m1/s1. The summed E-state index contributed by atoms with van der Waals surface area (Å²) in [5.41, 5.74) is 1.44. The van der Waals surface area contributed by atoms with E-state index in [0.717, 1.165) is 12.8 Å². The number of benzene rings is 2. The van der Waals surface area contributed by atoms with Gasteiger partial charge in [0.2, 0.25) is 5.55 Å². The van der Waals surface area contributed by atoms with Gasteiger partial charge in [-0.05, 0) is 56.2 Å². The molecule has 3 aromatic rings. The van der Waals surface area contributed by atoms with Crippen LogP contribution >= 0.6 is 0 Å². The van der Waals surface area contributed by atoms with Gasteiger partial charge in [-0.3, -0.25) is 4.79 Å². The number of carbonyl (C=O) groups is 2. The third-order valence-corrected chi connectivity index (χ3v) is 5.08. The normalized spacial score (nSPS) is 16.3. The molecule has 166 valence electrons. The summed E-state index contributed by atoms with van der Waals surface area (Å²) in [6, 6.07) is 12.9. The number of esters is 1. The van der Waals surface area contributed by atoms with E-state index >= 15 is 0 Å². The molecule has 0 bridgehead atoms. The van der Waals surface area contributed by atoms with Crippen LogP contribution < -0.4 is 10.9 Å². The van der Waals surface area contributed by atoms with Crippen molar-refractivity contribution in [2.24, 2.45) is 4.99 Å². The molecule has 1 fully saturated rings. The fourth-order valence-electron chi connectivity index (χ4n) is 3.49. The van der Waals surface area contributed by atoms with Crippen LogP contribution in [0.1, 0.15) is 40.5 Å². The third-order valence-electron chi connectivity index (χ3n) is 5.08. The minimum absolute atomic E-state index is 0.00468. The van der Waals surface area contributed by atoms with Crippen molar-refractivity contribution in [3.05, 3.63) is 65.2 Å². The van der Waals surface area contributed by atoms with Crippen LogP contribution in [0.4, 0.5) is 5.69 Å². The van der Waals surface area contributed by atoms with Gasteiger partial charge in [-0.15, -0.1) is 0 Å². The molecule has 1 saturated heterocycles. The van der Waals surface area contributed by atoms with Gasteiger partial charge in [-0.2, -0.15) is 0 Å². The number of ether oxygens (including phenoxy) is 2. The smallest absolute Gasteiger partial charge is 0.338 e. The molecule has 8 heteroatoms. The number of carbonyl (C=O) groups excluding carboxylic acids is 2. The van der Waals surface area contributed by atoms with E-state index in [2.05, 4.69) is 10.3 Å². The van der Waals surface area contributed by atoms with Gasteiger partial charge < -0.3 is 24.3 Å². The van der Waals surface area contributed by atoms with E-state index in [4.69, 9.17) is 13.9 Å². The Hall–Kier alpha value is -3.65. The average molecular weight is 436 g/mol. The first kappa shape index (κ1) is 21.6. The summed E-state index contributed by atoms with van der Waals surface area (Å²) in [6.07, 6.45) is 1.88. The monoisotopic (exact) mass is 436 g/mol. The van der Waals surface area contributed by atoms with Crippen LogP contribution in [0.15, 0.2) is 57.9 Å². The number of nitrogens with one attached hydrogen (secondary N) is 1. The predicted molar refractivity (Wildman–Crippen MR) is 117 cm³/mol. The second kappa shape index (κ2) is 9.65. The molecule has 2 heterocycles. The first-order valence-electron chi connectivity index (χ1n) is 10.5. The predicted octanol–water partition coefficient (Wildman–Crippen LogP) is 3.46. The summed E-state index contributed by atoms with van der Waals surface area (Å²) in [6.45, 7) is 3.09. The van der Waals surface area contributed by atoms with Crippen LogP contribution in [0.25, 0.3) is 11.0 Å². The number of aromatic hydroxyl groups is 1. The highest BCUT2D eigenvalue weighted by atomic mass is 16.5. The van der Waals surface area contributed by atoms with E-state index in [1.807, 2.05) is 0 Å². The van der Waals surface area contributed by atoms with Crippen molar-refractivity contribution in [2.45, 2.75) is 25.9 Å². The molecule has 1 atom stereocenters. The highest BCUT2D eigenvalue weighted by Gasteiger charge is 2.19. The van der Waals surface area contributed by atoms with Crippen molar-refractivity contribution in [3.63, 3.8) is 0 Å². The summed E-state index contributed by atoms with van der Waals surface area (Å²) < 4.78 is 16.5. The molecule has 1 amide bonds. The maximum absolute atomic E-state index is 13.0. The maximum atomic E-state index is 13.0. The summed E-state index contributed by atoms with van der Waals surface area (Å²) in [5.74, 6) is -0.772. The van der Waals surface area contributed by atoms with Gasteiger partial charge >= 0.3 is 5.97 Å².